The molecule has 2 aliphatic heterocycles. The molecule has 86 valence electrons. The van der Waals surface area contributed by atoms with Crippen molar-refractivity contribution in [3.8, 4) is 0 Å². The summed E-state index contributed by atoms with van der Waals surface area (Å²) in [5.41, 5.74) is 0. The Morgan fingerprint density at radius 3 is 2.67 bits per heavy atom. The molecule has 2 aliphatic rings. The molecule has 2 rings (SSSR count). The zero-order chi connectivity index (χ0) is 10.7. The molecule has 0 spiro atoms. The van der Waals surface area contributed by atoms with Crippen LogP contribution in [0.3, 0.4) is 0 Å². The van der Waals surface area contributed by atoms with Gasteiger partial charge in [-0.05, 0) is 0 Å². The lowest BCUT2D eigenvalue weighted by atomic mass is 10.00. The lowest BCUT2D eigenvalue weighted by molar-refractivity contribution is 0.0493. The van der Waals surface area contributed by atoms with E-state index < -0.39 is 0 Å². The van der Waals surface area contributed by atoms with Crippen LogP contribution >= 0.6 is 0 Å². The summed E-state index contributed by atoms with van der Waals surface area (Å²) < 4.78 is 4.66. The molecule has 15 heavy (non-hydrogen) atoms. The topological polar surface area (TPSA) is 44.8 Å². The number of hydrogen-bond donors (Lipinski definition) is 1. The van der Waals surface area contributed by atoms with Gasteiger partial charge in [-0.15, -0.1) is 0 Å². The second-order valence-electron chi connectivity index (χ2n) is 4.29. The van der Waals surface area contributed by atoms with Gasteiger partial charge in [0, 0.05) is 51.7 Å². The standard InChI is InChI=1S/C10H19N3O2/c1-15-10(14)13-7-9(8-13)6-12-4-2-11-3-5-12/h9,11H,2-8H2,1H3. The molecule has 2 saturated heterocycles. The largest absolute Gasteiger partial charge is 0.453 e. The number of carbonyl (C=O) groups excluding carboxylic acids is 1. The molecular weight excluding hydrogens is 194 g/mol. The van der Waals surface area contributed by atoms with Crippen LogP contribution in [0.1, 0.15) is 0 Å². The van der Waals surface area contributed by atoms with Crippen LogP contribution in [-0.2, 0) is 4.74 Å². The number of rotatable bonds is 2. The predicted octanol–water partition coefficient (Wildman–Crippen LogP) is -0.410. The molecular formula is C10H19N3O2. The first kappa shape index (κ1) is 10.7. The molecule has 0 radical (unpaired) electrons. The highest BCUT2D eigenvalue weighted by atomic mass is 16.5. The smallest absolute Gasteiger partial charge is 0.409 e. The highest BCUT2D eigenvalue weighted by Crippen LogP contribution is 2.17. The van der Waals surface area contributed by atoms with Crippen molar-refractivity contribution in [1.82, 2.24) is 15.1 Å². The Kier molecular flexibility index (Phi) is 3.43. The lowest BCUT2D eigenvalue weighted by Crippen LogP contribution is -2.55. The summed E-state index contributed by atoms with van der Waals surface area (Å²) in [6, 6.07) is 0. The van der Waals surface area contributed by atoms with Crippen molar-refractivity contribution in [2.75, 3.05) is 52.9 Å². The van der Waals surface area contributed by atoms with Gasteiger partial charge in [-0.25, -0.2) is 4.79 Å². The molecule has 0 aromatic heterocycles. The SMILES string of the molecule is COC(=O)N1CC(CN2CCNCC2)C1. The zero-order valence-corrected chi connectivity index (χ0v) is 9.24. The third kappa shape index (κ3) is 2.60. The number of ether oxygens (including phenoxy) is 1. The number of carbonyl (C=O) groups is 1. The van der Waals surface area contributed by atoms with Gasteiger partial charge in [-0.3, -0.25) is 0 Å². The van der Waals surface area contributed by atoms with Gasteiger partial charge in [0.05, 0.1) is 7.11 Å². The maximum Gasteiger partial charge on any atom is 0.409 e. The average Bonchev–Trinajstić information content (AvgIpc) is 2.23. The minimum Gasteiger partial charge on any atom is -0.453 e. The summed E-state index contributed by atoms with van der Waals surface area (Å²) in [4.78, 5) is 15.3. The molecule has 0 aromatic carbocycles. The van der Waals surface area contributed by atoms with Gasteiger partial charge in [-0.2, -0.15) is 0 Å². The van der Waals surface area contributed by atoms with Crippen molar-refractivity contribution < 1.29 is 9.53 Å². The number of methoxy groups -OCH3 is 1. The van der Waals surface area contributed by atoms with Gasteiger partial charge in [0.25, 0.3) is 0 Å². The van der Waals surface area contributed by atoms with Crippen molar-refractivity contribution in [3.05, 3.63) is 0 Å². The van der Waals surface area contributed by atoms with Crippen molar-refractivity contribution in [2.24, 2.45) is 5.92 Å². The van der Waals surface area contributed by atoms with E-state index in [-0.39, 0.29) is 6.09 Å². The molecule has 0 aliphatic carbocycles. The molecule has 0 unspecified atom stereocenters. The van der Waals surface area contributed by atoms with Crippen LogP contribution in [0.2, 0.25) is 0 Å². The quantitative estimate of drug-likeness (QED) is 0.677. The van der Waals surface area contributed by atoms with E-state index in [4.69, 9.17) is 0 Å². The number of hydrogen-bond acceptors (Lipinski definition) is 4. The lowest BCUT2D eigenvalue weighted by Gasteiger charge is -2.41. The normalized spacial score (nSPS) is 23.7. The number of amides is 1. The van der Waals surface area contributed by atoms with Crippen molar-refractivity contribution in [2.45, 2.75) is 0 Å². The molecule has 5 heteroatoms. The van der Waals surface area contributed by atoms with E-state index in [1.165, 1.54) is 7.11 Å². The Bertz CT molecular complexity index is 223. The Hall–Kier alpha value is -0.810. The minimum absolute atomic E-state index is 0.188. The minimum atomic E-state index is -0.188. The third-order valence-corrected chi connectivity index (χ3v) is 3.12. The van der Waals surface area contributed by atoms with Crippen LogP contribution in [0.15, 0.2) is 0 Å². The zero-order valence-electron chi connectivity index (χ0n) is 9.24. The number of likely N-dealkylation sites (tertiary alicyclic amines) is 1. The Morgan fingerprint density at radius 1 is 1.40 bits per heavy atom. The van der Waals surface area contributed by atoms with E-state index in [1.807, 2.05) is 0 Å². The fourth-order valence-corrected chi connectivity index (χ4v) is 2.22. The number of nitrogens with zero attached hydrogens (tertiary/aromatic N) is 2. The fourth-order valence-electron chi connectivity index (χ4n) is 2.22. The summed E-state index contributed by atoms with van der Waals surface area (Å²) in [5, 5.41) is 3.33. The summed E-state index contributed by atoms with van der Waals surface area (Å²) in [6.07, 6.45) is -0.188. The second kappa shape index (κ2) is 4.81. The van der Waals surface area contributed by atoms with Gasteiger partial charge in [0.1, 0.15) is 0 Å². The van der Waals surface area contributed by atoms with E-state index >= 15 is 0 Å². The maximum absolute atomic E-state index is 11.1. The molecule has 1 amide bonds. The van der Waals surface area contributed by atoms with Crippen LogP contribution in [0.5, 0.6) is 0 Å². The van der Waals surface area contributed by atoms with Crippen molar-refractivity contribution >= 4 is 6.09 Å². The average molecular weight is 213 g/mol. The van der Waals surface area contributed by atoms with Crippen molar-refractivity contribution in [3.63, 3.8) is 0 Å². The Balaban J connectivity index is 1.64. The molecule has 0 bridgehead atoms. The predicted molar refractivity (Wildman–Crippen MR) is 56.8 cm³/mol. The summed E-state index contributed by atoms with van der Waals surface area (Å²) in [5.74, 6) is 0.641. The van der Waals surface area contributed by atoms with Crippen LogP contribution in [0, 0.1) is 5.92 Å². The monoisotopic (exact) mass is 213 g/mol. The van der Waals surface area contributed by atoms with Gasteiger partial charge >= 0.3 is 6.09 Å². The number of nitrogens with one attached hydrogen (secondary N) is 1. The Labute approximate surface area is 90.4 Å². The number of piperazine rings is 1. The summed E-state index contributed by atoms with van der Waals surface area (Å²) in [6.45, 7) is 7.28. The molecule has 2 heterocycles. The van der Waals surface area contributed by atoms with Gasteiger partial charge < -0.3 is 19.9 Å². The fraction of sp³-hybridized carbons (Fsp3) is 0.900. The molecule has 1 N–H and O–H groups in total. The molecule has 0 atom stereocenters. The molecule has 0 saturated carbocycles. The van der Waals surface area contributed by atoms with Gasteiger partial charge in [0.15, 0.2) is 0 Å². The Morgan fingerprint density at radius 2 is 2.07 bits per heavy atom. The van der Waals surface area contributed by atoms with E-state index in [0.29, 0.717) is 5.92 Å². The summed E-state index contributed by atoms with van der Waals surface area (Å²) in [7, 11) is 1.44. The second-order valence-corrected chi connectivity index (χ2v) is 4.29. The van der Waals surface area contributed by atoms with Crippen LogP contribution < -0.4 is 5.32 Å². The first-order valence-electron chi connectivity index (χ1n) is 5.55. The van der Waals surface area contributed by atoms with Crippen LogP contribution in [0.25, 0.3) is 0 Å². The van der Waals surface area contributed by atoms with E-state index in [1.54, 1.807) is 4.90 Å². The maximum atomic E-state index is 11.1. The highest BCUT2D eigenvalue weighted by Gasteiger charge is 2.32. The molecule has 2 fully saturated rings. The summed E-state index contributed by atoms with van der Waals surface area (Å²) >= 11 is 0. The third-order valence-electron chi connectivity index (χ3n) is 3.12. The van der Waals surface area contributed by atoms with Crippen LogP contribution in [0.4, 0.5) is 4.79 Å². The van der Waals surface area contributed by atoms with E-state index in [0.717, 1.165) is 45.8 Å². The molecule has 0 aromatic rings. The van der Waals surface area contributed by atoms with E-state index in [9.17, 15) is 4.79 Å². The van der Waals surface area contributed by atoms with Gasteiger partial charge in [-0.1, -0.05) is 0 Å². The first-order chi connectivity index (χ1) is 7.29. The van der Waals surface area contributed by atoms with Gasteiger partial charge in [0.2, 0.25) is 0 Å². The molecule has 5 nitrogen and oxygen atoms in total. The van der Waals surface area contributed by atoms with Crippen molar-refractivity contribution in [1.29, 1.82) is 0 Å². The first-order valence-corrected chi connectivity index (χ1v) is 5.55. The van der Waals surface area contributed by atoms with E-state index in [2.05, 4.69) is 15.0 Å². The van der Waals surface area contributed by atoms with Crippen LogP contribution in [-0.4, -0.2) is 68.8 Å². The highest BCUT2D eigenvalue weighted by molar-refractivity contribution is 5.68.